The second kappa shape index (κ2) is 9.23. The van der Waals surface area contributed by atoms with Crippen LogP contribution in [0.2, 0.25) is 0 Å². The number of rotatable bonds is 7. The molecule has 0 spiro atoms. The third-order valence-electron chi connectivity index (χ3n) is 5.21. The molecule has 5 heteroatoms. The largest absolute Gasteiger partial charge is 0.496 e. The van der Waals surface area contributed by atoms with Crippen LogP contribution >= 0.6 is 11.8 Å². The quantitative estimate of drug-likeness (QED) is 0.483. The molecule has 4 rings (SSSR count). The fourth-order valence-corrected chi connectivity index (χ4v) is 4.63. The lowest BCUT2D eigenvalue weighted by Crippen LogP contribution is -2.31. The number of carbonyl (C=O) groups is 2. The Labute approximate surface area is 186 Å². The molecule has 1 aliphatic rings. The van der Waals surface area contributed by atoms with Gasteiger partial charge in [0.25, 0.3) is 11.8 Å². The van der Waals surface area contributed by atoms with E-state index in [1.807, 2.05) is 85.8 Å². The number of aryl methyl sites for hydroxylation is 1. The minimum Gasteiger partial charge on any atom is -0.496 e. The van der Waals surface area contributed by atoms with Gasteiger partial charge in [0.05, 0.1) is 24.1 Å². The summed E-state index contributed by atoms with van der Waals surface area (Å²) in [7, 11) is 1.59. The monoisotopic (exact) mass is 429 g/mol. The molecule has 0 saturated carbocycles. The fraction of sp³-hybridized carbons (Fsp3) is 0.154. The lowest BCUT2D eigenvalue weighted by Gasteiger charge is -2.17. The standard InChI is InChI=1S/C26H23NO3S/c1-18-12-14-20(15-13-18)23-24(31-17-19-8-4-3-5-9-19)26(29)27(25(23)28)16-21-10-6-7-11-22(21)30-2/h3-15H,16-17H2,1-2H3. The molecule has 0 fully saturated rings. The summed E-state index contributed by atoms with van der Waals surface area (Å²) in [5, 5.41) is 0. The van der Waals surface area contributed by atoms with Crippen molar-refractivity contribution in [2.24, 2.45) is 0 Å². The number of amides is 2. The predicted molar refractivity (Wildman–Crippen MR) is 124 cm³/mol. The van der Waals surface area contributed by atoms with E-state index in [1.165, 1.54) is 16.7 Å². The number of thioether (sulfide) groups is 1. The summed E-state index contributed by atoms with van der Waals surface area (Å²) in [6.45, 7) is 2.17. The predicted octanol–water partition coefficient (Wildman–Crippen LogP) is 5.22. The molecule has 156 valence electrons. The van der Waals surface area contributed by atoms with Gasteiger partial charge < -0.3 is 4.74 Å². The van der Waals surface area contributed by atoms with Gasteiger partial charge in [-0.15, -0.1) is 11.8 Å². The zero-order valence-corrected chi connectivity index (χ0v) is 18.3. The van der Waals surface area contributed by atoms with Crippen LogP contribution in [0.4, 0.5) is 0 Å². The van der Waals surface area contributed by atoms with Crippen LogP contribution in [0.1, 0.15) is 22.3 Å². The summed E-state index contributed by atoms with van der Waals surface area (Å²) in [6.07, 6.45) is 0. The van der Waals surface area contributed by atoms with Crippen molar-refractivity contribution in [2.75, 3.05) is 7.11 Å². The number of imide groups is 1. The van der Waals surface area contributed by atoms with Crippen molar-refractivity contribution in [3.8, 4) is 5.75 Å². The van der Waals surface area contributed by atoms with Crippen LogP contribution in [0.5, 0.6) is 5.75 Å². The number of hydrogen-bond donors (Lipinski definition) is 0. The van der Waals surface area contributed by atoms with Crippen LogP contribution in [-0.2, 0) is 21.9 Å². The van der Waals surface area contributed by atoms with Gasteiger partial charge >= 0.3 is 0 Å². The molecule has 0 N–H and O–H groups in total. The first-order valence-corrected chi connectivity index (χ1v) is 11.0. The number of para-hydroxylation sites is 1. The Morgan fingerprint density at radius 2 is 1.52 bits per heavy atom. The maximum atomic E-state index is 13.4. The first-order valence-electron chi connectivity index (χ1n) is 10.0. The highest BCUT2D eigenvalue weighted by Crippen LogP contribution is 2.38. The lowest BCUT2D eigenvalue weighted by atomic mass is 10.0. The second-order valence-corrected chi connectivity index (χ2v) is 8.34. The Morgan fingerprint density at radius 3 is 2.23 bits per heavy atom. The van der Waals surface area contributed by atoms with E-state index >= 15 is 0 Å². The molecule has 3 aromatic rings. The van der Waals surface area contributed by atoms with Gasteiger partial charge in [0.15, 0.2) is 0 Å². The number of nitrogens with zero attached hydrogens (tertiary/aromatic N) is 1. The van der Waals surface area contributed by atoms with E-state index in [9.17, 15) is 9.59 Å². The highest BCUT2D eigenvalue weighted by molar-refractivity contribution is 8.03. The Kier molecular flexibility index (Phi) is 6.23. The van der Waals surface area contributed by atoms with E-state index in [1.54, 1.807) is 7.11 Å². The van der Waals surface area contributed by atoms with Crippen LogP contribution < -0.4 is 4.74 Å². The molecule has 2 amide bonds. The van der Waals surface area contributed by atoms with E-state index in [4.69, 9.17) is 4.74 Å². The topological polar surface area (TPSA) is 46.6 Å². The summed E-state index contributed by atoms with van der Waals surface area (Å²) in [6, 6.07) is 25.1. The Balaban J connectivity index is 1.68. The summed E-state index contributed by atoms with van der Waals surface area (Å²) < 4.78 is 5.41. The van der Waals surface area contributed by atoms with Crippen molar-refractivity contribution in [3.05, 3.63) is 106 Å². The molecule has 1 heterocycles. The van der Waals surface area contributed by atoms with Gasteiger partial charge in [-0.2, -0.15) is 0 Å². The van der Waals surface area contributed by atoms with Crippen LogP contribution in [0, 0.1) is 6.92 Å². The number of carbonyl (C=O) groups excluding carboxylic acids is 2. The smallest absolute Gasteiger partial charge is 0.268 e. The molecule has 4 nitrogen and oxygen atoms in total. The van der Waals surface area contributed by atoms with Gasteiger partial charge in [-0.05, 0) is 24.1 Å². The number of methoxy groups -OCH3 is 1. The highest BCUT2D eigenvalue weighted by atomic mass is 32.2. The third kappa shape index (κ3) is 4.42. The zero-order chi connectivity index (χ0) is 21.8. The van der Waals surface area contributed by atoms with Gasteiger partial charge in [-0.3, -0.25) is 14.5 Å². The van der Waals surface area contributed by atoms with Crippen LogP contribution in [0.15, 0.2) is 83.8 Å². The van der Waals surface area contributed by atoms with Gasteiger partial charge in [-0.25, -0.2) is 0 Å². The molecule has 0 bridgehead atoms. The van der Waals surface area contributed by atoms with Gasteiger partial charge in [0.1, 0.15) is 5.75 Å². The molecule has 0 radical (unpaired) electrons. The van der Waals surface area contributed by atoms with Gasteiger partial charge in [-0.1, -0.05) is 78.4 Å². The zero-order valence-electron chi connectivity index (χ0n) is 17.5. The van der Waals surface area contributed by atoms with Crippen molar-refractivity contribution in [1.82, 2.24) is 4.90 Å². The van der Waals surface area contributed by atoms with Crippen LogP contribution in [-0.4, -0.2) is 23.8 Å². The van der Waals surface area contributed by atoms with E-state index in [2.05, 4.69) is 0 Å². The Morgan fingerprint density at radius 1 is 0.839 bits per heavy atom. The van der Waals surface area contributed by atoms with E-state index in [0.29, 0.717) is 22.0 Å². The van der Waals surface area contributed by atoms with Gasteiger partial charge in [0, 0.05) is 11.3 Å². The minimum atomic E-state index is -0.268. The maximum Gasteiger partial charge on any atom is 0.268 e. The summed E-state index contributed by atoms with van der Waals surface area (Å²) in [4.78, 5) is 28.6. The molecule has 1 aliphatic heterocycles. The molecule has 0 aliphatic carbocycles. The molecular weight excluding hydrogens is 406 g/mol. The first kappa shape index (κ1) is 20.9. The lowest BCUT2D eigenvalue weighted by molar-refractivity contribution is -0.137. The molecule has 0 saturated heterocycles. The second-order valence-electron chi connectivity index (χ2n) is 7.35. The van der Waals surface area contributed by atoms with Crippen LogP contribution in [0.25, 0.3) is 5.57 Å². The highest BCUT2D eigenvalue weighted by Gasteiger charge is 2.39. The minimum absolute atomic E-state index is 0.173. The fourth-order valence-electron chi connectivity index (χ4n) is 3.54. The summed E-state index contributed by atoms with van der Waals surface area (Å²) >= 11 is 1.42. The van der Waals surface area contributed by atoms with Crippen molar-refractivity contribution in [1.29, 1.82) is 0 Å². The molecule has 31 heavy (non-hydrogen) atoms. The van der Waals surface area contributed by atoms with Crippen LogP contribution in [0.3, 0.4) is 0 Å². The van der Waals surface area contributed by atoms with Crippen molar-refractivity contribution < 1.29 is 14.3 Å². The first-order chi connectivity index (χ1) is 15.1. The summed E-state index contributed by atoms with van der Waals surface area (Å²) in [5.41, 5.74) is 4.24. The van der Waals surface area contributed by atoms with Crippen molar-refractivity contribution >= 4 is 29.1 Å². The normalized spacial score (nSPS) is 13.8. The SMILES string of the molecule is COc1ccccc1CN1C(=O)C(SCc2ccccc2)=C(c2ccc(C)cc2)C1=O. The third-order valence-corrected chi connectivity index (χ3v) is 6.36. The number of benzene rings is 3. The maximum absolute atomic E-state index is 13.4. The molecule has 0 unspecified atom stereocenters. The number of hydrogen-bond acceptors (Lipinski definition) is 4. The van der Waals surface area contributed by atoms with E-state index in [-0.39, 0.29) is 18.4 Å². The Bertz CT molecular complexity index is 1140. The molecule has 3 aromatic carbocycles. The average Bonchev–Trinajstić information content (AvgIpc) is 3.03. The summed E-state index contributed by atoms with van der Waals surface area (Å²) in [5.74, 6) is 0.751. The number of ether oxygens (including phenoxy) is 1. The van der Waals surface area contributed by atoms with Crippen molar-refractivity contribution in [3.63, 3.8) is 0 Å². The molecular formula is C26H23NO3S. The van der Waals surface area contributed by atoms with Crippen molar-refractivity contribution in [2.45, 2.75) is 19.2 Å². The molecule has 0 atom stereocenters. The molecule has 0 aromatic heterocycles. The van der Waals surface area contributed by atoms with E-state index in [0.717, 1.165) is 22.3 Å². The van der Waals surface area contributed by atoms with E-state index < -0.39 is 0 Å². The Hall–Kier alpha value is -3.31. The average molecular weight is 430 g/mol. The van der Waals surface area contributed by atoms with Gasteiger partial charge in [0.2, 0.25) is 0 Å².